The van der Waals surface area contributed by atoms with Gasteiger partial charge in [0.1, 0.15) is 0 Å². The molecule has 2 amide bonds. The van der Waals surface area contributed by atoms with Crippen LogP contribution in [0.1, 0.15) is 33.2 Å². The number of nitrogens with one attached hydrogen (secondary N) is 1. The minimum Gasteiger partial charge on any atom is -0.322 e. The Bertz CT molecular complexity index is 1070. The van der Waals surface area contributed by atoms with Gasteiger partial charge in [-0.15, -0.1) is 0 Å². The van der Waals surface area contributed by atoms with E-state index in [9.17, 15) is 9.59 Å². The zero-order valence-electron chi connectivity index (χ0n) is 15.2. The van der Waals surface area contributed by atoms with Gasteiger partial charge in [-0.25, -0.2) is 0 Å². The van der Waals surface area contributed by atoms with Gasteiger partial charge in [0.15, 0.2) is 0 Å². The second-order valence-corrected chi connectivity index (χ2v) is 7.22. The zero-order chi connectivity index (χ0) is 19.7. The van der Waals surface area contributed by atoms with Crippen LogP contribution < -0.4 is 10.2 Å². The van der Waals surface area contributed by atoms with Gasteiger partial charge in [-0.3, -0.25) is 14.6 Å². The molecule has 1 atom stereocenters. The van der Waals surface area contributed by atoms with E-state index in [1.165, 1.54) is 12.4 Å². The van der Waals surface area contributed by atoms with Crippen LogP contribution in [0.15, 0.2) is 67.0 Å². The quantitative estimate of drug-likeness (QED) is 0.710. The Hall–Kier alpha value is -3.18. The number of benzene rings is 2. The van der Waals surface area contributed by atoms with Crippen LogP contribution in [0.5, 0.6) is 0 Å². The number of aromatic nitrogens is 1. The van der Waals surface area contributed by atoms with Crippen LogP contribution in [0.3, 0.4) is 0 Å². The summed E-state index contributed by atoms with van der Waals surface area (Å²) in [7, 11) is 0. The number of hydrogen-bond acceptors (Lipinski definition) is 3. The van der Waals surface area contributed by atoms with Crippen molar-refractivity contribution < 1.29 is 9.59 Å². The minimum absolute atomic E-state index is 0.0499. The van der Waals surface area contributed by atoms with Crippen LogP contribution in [0.25, 0.3) is 0 Å². The van der Waals surface area contributed by atoms with Crippen LogP contribution in [-0.4, -0.2) is 22.8 Å². The Morgan fingerprint density at radius 1 is 1.07 bits per heavy atom. The van der Waals surface area contributed by atoms with E-state index < -0.39 is 0 Å². The van der Waals surface area contributed by atoms with E-state index in [2.05, 4.69) is 10.3 Å². The average Bonchev–Trinajstić information content (AvgIpc) is 3.03. The van der Waals surface area contributed by atoms with Crippen LogP contribution in [0.4, 0.5) is 11.4 Å². The van der Waals surface area contributed by atoms with Crippen molar-refractivity contribution in [2.75, 3.05) is 10.2 Å². The molecule has 0 saturated heterocycles. The van der Waals surface area contributed by atoms with Crippen molar-refractivity contribution in [2.24, 2.45) is 0 Å². The molecule has 0 aliphatic carbocycles. The third-order valence-electron chi connectivity index (χ3n) is 4.76. The highest BCUT2D eigenvalue weighted by Gasteiger charge is 2.31. The number of pyridine rings is 1. The van der Waals surface area contributed by atoms with E-state index in [1.807, 2.05) is 31.2 Å². The molecule has 0 spiro atoms. The number of carbonyl (C=O) groups is 2. The second-order valence-electron chi connectivity index (χ2n) is 6.78. The number of anilines is 2. The van der Waals surface area contributed by atoms with E-state index in [4.69, 9.17) is 11.6 Å². The first-order valence-corrected chi connectivity index (χ1v) is 9.34. The number of halogens is 1. The average molecular weight is 392 g/mol. The van der Waals surface area contributed by atoms with Crippen molar-refractivity contribution in [3.63, 3.8) is 0 Å². The summed E-state index contributed by atoms with van der Waals surface area (Å²) in [6.45, 7) is 2.01. The summed E-state index contributed by atoms with van der Waals surface area (Å²) in [5, 5.41) is 3.30. The first kappa shape index (κ1) is 18.2. The maximum atomic E-state index is 13.1. The molecule has 1 N–H and O–H groups in total. The smallest absolute Gasteiger partial charge is 0.260 e. The highest BCUT2D eigenvalue weighted by atomic mass is 35.5. The van der Waals surface area contributed by atoms with Crippen molar-refractivity contribution >= 4 is 34.8 Å². The van der Waals surface area contributed by atoms with Crippen molar-refractivity contribution in [3.8, 4) is 0 Å². The topological polar surface area (TPSA) is 62.3 Å². The number of hydrogen-bond donors (Lipinski definition) is 1. The molecule has 1 aliphatic heterocycles. The summed E-state index contributed by atoms with van der Waals surface area (Å²) in [4.78, 5) is 31.6. The van der Waals surface area contributed by atoms with Gasteiger partial charge in [-0.05, 0) is 49.2 Å². The van der Waals surface area contributed by atoms with Crippen molar-refractivity contribution in [1.29, 1.82) is 0 Å². The van der Waals surface area contributed by atoms with Crippen LogP contribution in [-0.2, 0) is 6.42 Å². The Kier molecular flexibility index (Phi) is 4.84. The lowest BCUT2D eigenvalue weighted by atomic mass is 10.1. The minimum atomic E-state index is -0.348. The third-order valence-corrected chi connectivity index (χ3v) is 4.99. The molecule has 3 aromatic rings. The van der Waals surface area contributed by atoms with Gasteiger partial charge in [0.25, 0.3) is 11.8 Å². The molecule has 1 aromatic heterocycles. The Morgan fingerprint density at radius 2 is 1.86 bits per heavy atom. The number of fused-ring (bicyclic) bond motifs is 1. The maximum absolute atomic E-state index is 13.1. The molecule has 0 radical (unpaired) electrons. The molecule has 1 unspecified atom stereocenters. The fourth-order valence-corrected chi connectivity index (χ4v) is 3.65. The standard InChI is InChI=1S/C22H18ClN3O2/c1-14-9-15-5-2-3-8-20(15)26(14)22(28)17-10-16(12-24-13-17)21(27)25-19-7-4-6-18(23)11-19/h2-8,10-14H,9H2,1H3,(H,25,27). The van der Waals surface area contributed by atoms with Crippen molar-refractivity contribution in [2.45, 2.75) is 19.4 Å². The largest absolute Gasteiger partial charge is 0.322 e. The normalized spacial score (nSPS) is 15.2. The summed E-state index contributed by atoms with van der Waals surface area (Å²) in [6, 6.07) is 16.4. The monoisotopic (exact) mass is 391 g/mol. The van der Waals surface area contributed by atoms with Gasteiger partial charge in [0.2, 0.25) is 0 Å². The molecule has 5 nitrogen and oxygen atoms in total. The molecule has 2 heterocycles. The number of para-hydroxylation sites is 1. The number of nitrogens with zero attached hydrogens (tertiary/aromatic N) is 2. The zero-order valence-corrected chi connectivity index (χ0v) is 16.0. The molecule has 4 rings (SSSR count). The predicted octanol–water partition coefficient (Wildman–Crippen LogP) is 4.58. The van der Waals surface area contributed by atoms with Crippen LogP contribution >= 0.6 is 11.6 Å². The number of carbonyl (C=O) groups excluding carboxylic acids is 2. The highest BCUT2D eigenvalue weighted by molar-refractivity contribution is 6.31. The van der Waals surface area contributed by atoms with Gasteiger partial charge in [0.05, 0.1) is 11.1 Å². The molecule has 0 saturated carbocycles. The summed E-state index contributed by atoms with van der Waals surface area (Å²) >= 11 is 5.95. The van der Waals surface area contributed by atoms with Crippen molar-refractivity contribution in [3.05, 3.63) is 88.7 Å². The van der Waals surface area contributed by atoms with Crippen molar-refractivity contribution in [1.82, 2.24) is 4.98 Å². The lowest BCUT2D eigenvalue weighted by molar-refractivity contribution is 0.0981. The fraction of sp³-hybridized carbons (Fsp3) is 0.136. The first-order valence-electron chi connectivity index (χ1n) is 8.96. The maximum Gasteiger partial charge on any atom is 0.260 e. The second kappa shape index (κ2) is 7.44. The van der Waals surface area contributed by atoms with Gasteiger partial charge < -0.3 is 10.2 Å². The van der Waals surface area contributed by atoms with Gasteiger partial charge in [0, 0.05) is 34.8 Å². The van der Waals surface area contributed by atoms with Gasteiger partial charge >= 0.3 is 0 Å². The fourth-order valence-electron chi connectivity index (χ4n) is 3.46. The number of amides is 2. The SMILES string of the molecule is CC1Cc2ccccc2N1C(=O)c1cncc(C(=O)Nc2cccc(Cl)c2)c1. The van der Waals surface area contributed by atoms with Crippen LogP contribution in [0, 0.1) is 0 Å². The van der Waals surface area contributed by atoms with E-state index in [1.54, 1.807) is 35.2 Å². The lowest BCUT2D eigenvalue weighted by Gasteiger charge is -2.22. The molecule has 1 aliphatic rings. The third kappa shape index (κ3) is 3.49. The van der Waals surface area contributed by atoms with E-state index in [-0.39, 0.29) is 17.9 Å². The highest BCUT2D eigenvalue weighted by Crippen LogP contribution is 2.33. The predicted molar refractivity (Wildman–Crippen MR) is 110 cm³/mol. The molecule has 0 bridgehead atoms. The molecular formula is C22H18ClN3O2. The Morgan fingerprint density at radius 3 is 2.68 bits per heavy atom. The molecular weight excluding hydrogens is 374 g/mol. The molecule has 28 heavy (non-hydrogen) atoms. The molecule has 0 fully saturated rings. The summed E-state index contributed by atoms with van der Waals surface area (Å²) in [5.74, 6) is -0.512. The van der Waals surface area contributed by atoms with E-state index >= 15 is 0 Å². The van der Waals surface area contributed by atoms with E-state index in [0.717, 1.165) is 17.7 Å². The Labute approximate surface area is 168 Å². The Balaban J connectivity index is 1.58. The first-order chi connectivity index (χ1) is 13.5. The van der Waals surface area contributed by atoms with E-state index in [0.29, 0.717) is 21.8 Å². The van der Waals surface area contributed by atoms with Gasteiger partial charge in [-0.1, -0.05) is 35.9 Å². The molecule has 6 heteroatoms. The summed E-state index contributed by atoms with van der Waals surface area (Å²) < 4.78 is 0. The number of rotatable bonds is 3. The summed E-state index contributed by atoms with van der Waals surface area (Å²) in [5.41, 5.74) is 3.32. The van der Waals surface area contributed by atoms with Gasteiger partial charge in [-0.2, -0.15) is 0 Å². The molecule has 2 aromatic carbocycles. The molecule has 140 valence electrons. The summed E-state index contributed by atoms with van der Waals surface area (Å²) in [6.07, 6.45) is 3.74. The lowest BCUT2D eigenvalue weighted by Crippen LogP contribution is -2.35. The van der Waals surface area contributed by atoms with Crippen LogP contribution in [0.2, 0.25) is 5.02 Å².